The van der Waals surface area contributed by atoms with Crippen molar-refractivity contribution in [1.29, 1.82) is 0 Å². The van der Waals surface area contributed by atoms with Gasteiger partial charge in [0, 0.05) is 13.2 Å². The first-order valence-electron chi connectivity index (χ1n) is 7.65. The quantitative estimate of drug-likeness (QED) is 0.841. The summed E-state index contributed by atoms with van der Waals surface area (Å²) in [5, 5.41) is 2.84. The maximum Gasteiger partial charge on any atom is 0.317 e. The van der Waals surface area contributed by atoms with Crippen LogP contribution in [0.3, 0.4) is 0 Å². The Morgan fingerprint density at radius 2 is 2.09 bits per heavy atom. The van der Waals surface area contributed by atoms with Crippen LogP contribution in [0.25, 0.3) is 0 Å². The summed E-state index contributed by atoms with van der Waals surface area (Å²) >= 11 is 0. The molecule has 0 saturated carbocycles. The van der Waals surface area contributed by atoms with Crippen LogP contribution in [-0.2, 0) is 4.74 Å². The van der Waals surface area contributed by atoms with Crippen LogP contribution in [0, 0.1) is 5.82 Å². The average Bonchev–Trinajstić information content (AvgIpc) is 2.47. The number of hydrogen-bond acceptors (Lipinski definition) is 3. The predicted octanol–water partition coefficient (Wildman–Crippen LogP) is 2.41. The minimum absolute atomic E-state index is 0.0106. The molecule has 0 aromatic heterocycles. The number of likely N-dealkylation sites (tertiary alicyclic amines) is 1. The zero-order valence-electron chi connectivity index (χ0n) is 13.0. The molecule has 0 radical (unpaired) electrons. The van der Waals surface area contributed by atoms with Gasteiger partial charge in [-0.1, -0.05) is 6.92 Å². The summed E-state index contributed by atoms with van der Waals surface area (Å²) in [5.74, 6) is 0.328. The molecule has 2 amide bonds. The van der Waals surface area contributed by atoms with Gasteiger partial charge in [0.2, 0.25) is 0 Å². The lowest BCUT2D eigenvalue weighted by Gasteiger charge is -2.39. The van der Waals surface area contributed by atoms with E-state index in [1.807, 2.05) is 13.8 Å². The van der Waals surface area contributed by atoms with Crippen LogP contribution in [0.4, 0.5) is 9.18 Å². The van der Waals surface area contributed by atoms with Crippen LogP contribution >= 0.6 is 0 Å². The van der Waals surface area contributed by atoms with Crippen LogP contribution < -0.4 is 10.1 Å². The number of carbonyl (C=O) groups is 1. The van der Waals surface area contributed by atoms with Crippen LogP contribution in [0.15, 0.2) is 24.3 Å². The number of benzene rings is 1. The Labute approximate surface area is 130 Å². The minimum atomic E-state index is -0.290. The highest BCUT2D eigenvalue weighted by atomic mass is 19.1. The van der Waals surface area contributed by atoms with E-state index in [9.17, 15) is 9.18 Å². The van der Waals surface area contributed by atoms with E-state index in [0.717, 1.165) is 6.42 Å². The van der Waals surface area contributed by atoms with Gasteiger partial charge in [0.05, 0.1) is 19.2 Å². The largest absolute Gasteiger partial charge is 0.487 e. The summed E-state index contributed by atoms with van der Waals surface area (Å²) in [5.41, 5.74) is 0. The van der Waals surface area contributed by atoms with Crippen molar-refractivity contribution in [3.8, 4) is 5.75 Å². The van der Waals surface area contributed by atoms with Gasteiger partial charge >= 0.3 is 6.03 Å². The molecule has 1 aliphatic heterocycles. The molecular formula is C16H23FN2O3. The molecule has 0 aliphatic carbocycles. The van der Waals surface area contributed by atoms with E-state index < -0.39 is 0 Å². The van der Waals surface area contributed by atoms with Gasteiger partial charge in [-0.3, -0.25) is 0 Å². The third kappa shape index (κ3) is 4.87. The van der Waals surface area contributed by atoms with Crippen molar-refractivity contribution in [3.63, 3.8) is 0 Å². The third-order valence-electron chi connectivity index (χ3n) is 3.40. The van der Waals surface area contributed by atoms with Gasteiger partial charge < -0.3 is 19.7 Å². The number of amides is 2. The second kappa shape index (κ2) is 7.98. The molecule has 1 aromatic rings. The first-order valence-corrected chi connectivity index (χ1v) is 7.65. The second-order valence-corrected chi connectivity index (χ2v) is 5.47. The number of nitrogens with one attached hydrogen (secondary N) is 1. The van der Waals surface area contributed by atoms with E-state index in [4.69, 9.17) is 9.47 Å². The smallest absolute Gasteiger partial charge is 0.317 e. The lowest BCUT2D eigenvalue weighted by Crippen LogP contribution is -2.59. The Morgan fingerprint density at radius 1 is 1.41 bits per heavy atom. The van der Waals surface area contributed by atoms with Crippen LogP contribution in [0.2, 0.25) is 0 Å². The lowest BCUT2D eigenvalue weighted by atomic mass is 10.2. The molecule has 1 saturated heterocycles. The number of hydrogen-bond donors (Lipinski definition) is 1. The molecule has 122 valence electrons. The van der Waals surface area contributed by atoms with E-state index in [-0.39, 0.29) is 24.1 Å². The van der Waals surface area contributed by atoms with Crippen LogP contribution in [0.1, 0.15) is 20.3 Å². The van der Waals surface area contributed by atoms with Crippen molar-refractivity contribution in [2.45, 2.75) is 32.5 Å². The molecule has 6 heteroatoms. The van der Waals surface area contributed by atoms with E-state index >= 15 is 0 Å². The van der Waals surface area contributed by atoms with Gasteiger partial charge in [-0.15, -0.1) is 0 Å². The second-order valence-electron chi connectivity index (χ2n) is 5.47. The summed E-state index contributed by atoms with van der Waals surface area (Å²) < 4.78 is 23.9. The normalized spacial score (nSPS) is 16.0. The molecule has 1 heterocycles. The van der Waals surface area contributed by atoms with E-state index in [1.165, 1.54) is 12.1 Å². The van der Waals surface area contributed by atoms with E-state index in [0.29, 0.717) is 32.0 Å². The average molecular weight is 310 g/mol. The maximum atomic E-state index is 12.8. The number of rotatable bonds is 7. The van der Waals surface area contributed by atoms with Crippen molar-refractivity contribution in [3.05, 3.63) is 30.1 Å². The van der Waals surface area contributed by atoms with Gasteiger partial charge in [0.1, 0.15) is 17.7 Å². The Bertz CT molecular complexity index is 475. The molecule has 2 rings (SSSR count). The summed E-state index contributed by atoms with van der Waals surface area (Å²) in [6.07, 6.45) is 0.939. The predicted molar refractivity (Wildman–Crippen MR) is 81.5 cm³/mol. The van der Waals surface area contributed by atoms with Crippen molar-refractivity contribution in [1.82, 2.24) is 10.2 Å². The van der Waals surface area contributed by atoms with Crippen molar-refractivity contribution < 1.29 is 18.7 Å². The number of nitrogens with zero attached hydrogens (tertiary/aromatic N) is 1. The fourth-order valence-corrected chi connectivity index (χ4v) is 2.10. The lowest BCUT2D eigenvalue weighted by molar-refractivity contribution is 0.0388. The highest BCUT2D eigenvalue weighted by Gasteiger charge is 2.32. The van der Waals surface area contributed by atoms with Crippen molar-refractivity contribution in [2.24, 2.45) is 0 Å². The number of ether oxygens (including phenoxy) is 2. The molecule has 5 nitrogen and oxygen atoms in total. The monoisotopic (exact) mass is 310 g/mol. The first kappa shape index (κ1) is 16.5. The topological polar surface area (TPSA) is 50.8 Å². The van der Waals surface area contributed by atoms with Gasteiger partial charge in [-0.25, -0.2) is 9.18 Å². The standard InChI is InChI=1S/C16H23FN2O3/c1-3-8-21-12(2)9-18-16(20)19-10-15(11-19)22-14-6-4-13(17)5-7-14/h4-7,12,15H,3,8-11H2,1-2H3,(H,18,20)/t12-/m0/s1. The van der Waals surface area contributed by atoms with Crippen LogP contribution in [-0.4, -0.2) is 49.4 Å². The molecule has 22 heavy (non-hydrogen) atoms. The van der Waals surface area contributed by atoms with E-state index in [1.54, 1.807) is 17.0 Å². The summed E-state index contributed by atoms with van der Waals surface area (Å²) in [4.78, 5) is 13.6. The van der Waals surface area contributed by atoms with Crippen molar-refractivity contribution >= 4 is 6.03 Å². The Hall–Kier alpha value is -1.82. The Balaban J connectivity index is 1.63. The molecule has 1 N–H and O–H groups in total. The van der Waals surface area contributed by atoms with E-state index in [2.05, 4.69) is 5.32 Å². The molecule has 0 bridgehead atoms. The molecular weight excluding hydrogens is 287 g/mol. The number of urea groups is 1. The summed E-state index contributed by atoms with van der Waals surface area (Å²) in [7, 11) is 0. The molecule has 1 fully saturated rings. The first-order chi connectivity index (χ1) is 10.6. The van der Waals surface area contributed by atoms with Gasteiger partial charge in [-0.2, -0.15) is 0 Å². The summed E-state index contributed by atoms with van der Waals surface area (Å²) in [6, 6.07) is 5.79. The molecule has 0 spiro atoms. The zero-order valence-corrected chi connectivity index (χ0v) is 13.0. The minimum Gasteiger partial charge on any atom is -0.487 e. The fourth-order valence-electron chi connectivity index (χ4n) is 2.10. The fraction of sp³-hybridized carbons (Fsp3) is 0.562. The molecule has 1 atom stereocenters. The van der Waals surface area contributed by atoms with Gasteiger partial charge in [0.25, 0.3) is 0 Å². The zero-order chi connectivity index (χ0) is 15.9. The third-order valence-corrected chi connectivity index (χ3v) is 3.40. The molecule has 1 aliphatic rings. The maximum absolute atomic E-state index is 12.8. The molecule has 1 aromatic carbocycles. The highest BCUT2D eigenvalue weighted by Crippen LogP contribution is 2.18. The Morgan fingerprint density at radius 3 is 2.73 bits per heavy atom. The number of carbonyl (C=O) groups excluding carboxylic acids is 1. The van der Waals surface area contributed by atoms with Gasteiger partial charge in [0.15, 0.2) is 0 Å². The SMILES string of the molecule is CCCO[C@@H](C)CNC(=O)N1CC(Oc2ccc(F)cc2)C1. The number of halogens is 1. The Kier molecular flexibility index (Phi) is 6.00. The molecule has 0 unspecified atom stereocenters. The summed E-state index contributed by atoms with van der Waals surface area (Å²) in [6.45, 7) is 6.26. The van der Waals surface area contributed by atoms with Crippen LogP contribution in [0.5, 0.6) is 5.75 Å². The highest BCUT2D eigenvalue weighted by molar-refractivity contribution is 5.75. The van der Waals surface area contributed by atoms with Crippen molar-refractivity contribution in [2.75, 3.05) is 26.2 Å². The van der Waals surface area contributed by atoms with Gasteiger partial charge in [-0.05, 0) is 37.6 Å².